The third-order valence-corrected chi connectivity index (χ3v) is 14.6. The molecule has 0 radical (unpaired) electrons. The molecule has 1 unspecified atom stereocenters. The van der Waals surface area contributed by atoms with Crippen molar-refractivity contribution < 1.29 is 82.1 Å². The van der Waals surface area contributed by atoms with E-state index in [0.717, 1.165) is 6.07 Å². The quantitative estimate of drug-likeness (QED) is 0.00497. The van der Waals surface area contributed by atoms with Gasteiger partial charge in [0, 0.05) is 11.6 Å². The van der Waals surface area contributed by atoms with E-state index in [4.69, 9.17) is 47.2 Å². The van der Waals surface area contributed by atoms with Gasteiger partial charge in [0.1, 0.15) is 27.8 Å². The molecule has 0 amide bonds. The standard InChI is InChI=1S/C34H35ClN10O18S6/c1-2-24(19-3-8-22(9-4-19)67(49,50)15-13-56-65-62-59-47)32-39-33(35)41-34(40-32)38-21-7-12-27(64-61-58-46)25(17-21)43-45-31-29(36)26(18-28(30(31)37)69(53,54)55)44-42-20-5-10-23(11-6-20)68(51,52)16-14-57-66-63-60-48/h3-12,17-18,24,46-48H,2,13-16,36-37H2,1H3,(H,53,54,55)(H,38,39,40,41). The van der Waals surface area contributed by atoms with Gasteiger partial charge < -0.3 is 16.8 Å². The summed E-state index contributed by atoms with van der Waals surface area (Å²) in [6.45, 7) is 1.25. The highest BCUT2D eigenvalue weighted by Gasteiger charge is 2.24. The molecule has 69 heavy (non-hydrogen) atoms. The minimum absolute atomic E-state index is 0.0120. The van der Waals surface area contributed by atoms with Gasteiger partial charge in [0.2, 0.25) is 11.2 Å². The maximum atomic E-state index is 12.8. The normalized spacial score (nSPS) is 12.8. The number of hydrogen-bond donors (Lipinski definition) is 7. The minimum atomic E-state index is -5.04. The molecule has 0 spiro atoms. The number of nitrogens with two attached hydrogens (primary N) is 2. The molecule has 0 aliphatic heterocycles. The zero-order chi connectivity index (χ0) is 50.2. The highest BCUT2D eigenvalue weighted by Crippen LogP contribution is 2.44. The Morgan fingerprint density at radius 3 is 1.86 bits per heavy atom. The van der Waals surface area contributed by atoms with Crippen LogP contribution in [0.4, 0.5) is 45.8 Å². The average molecular weight is 1100 g/mol. The SMILES string of the molecule is CCC(c1ccc(S(=O)(=O)CCOSOOO)cc1)c1nc(Cl)nc(Nc2ccc(SOOO)c(N=Nc3c(N)c(N=Nc4ccc(S(=O)(=O)CCOSOOO)cc4)cc(S(=O)(=O)O)c3N)c2)n1. The van der Waals surface area contributed by atoms with Crippen molar-refractivity contribution in [3.05, 3.63) is 89.5 Å². The van der Waals surface area contributed by atoms with Crippen molar-refractivity contribution in [1.82, 2.24) is 15.0 Å². The molecule has 372 valence electrons. The molecule has 0 bridgehead atoms. The Kier molecular flexibility index (Phi) is 20.7. The number of rotatable bonds is 27. The first-order valence-electron chi connectivity index (χ1n) is 18.6. The first-order valence-corrected chi connectivity index (χ1v) is 25.8. The minimum Gasteiger partial charge on any atom is -0.396 e. The fourth-order valence-electron chi connectivity index (χ4n) is 5.63. The molecule has 0 aliphatic rings. The van der Waals surface area contributed by atoms with E-state index < -0.39 is 63.5 Å². The van der Waals surface area contributed by atoms with E-state index in [0.29, 0.717) is 24.0 Å². The lowest BCUT2D eigenvalue weighted by molar-refractivity contribution is -0.434. The maximum Gasteiger partial charge on any atom is 0.296 e. The lowest BCUT2D eigenvalue weighted by atomic mass is 9.96. The van der Waals surface area contributed by atoms with Crippen molar-refractivity contribution in [1.29, 1.82) is 0 Å². The molecule has 35 heteroatoms. The van der Waals surface area contributed by atoms with Crippen LogP contribution >= 0.6 is 48.3 Å². The number of nitrogens with one attached hydrogen (secondary N) is 1. The van der Waals surface area contributed by atoms with Gasteiger partial charge in [-0.1, -0.05) is 34.2 Å². The lowest BCUT2D eigenvalue weighted by Gasteiger charge is -2.16. The van der Waals surface area contributed by atoms with Gasteiger partial charge in [-0.25, -0.2) is 37.6 Å². The summed E-state index contributed by atoms with van der Waals surface area (Å²) in [5, 5.41) is 54.5. The lowest BCUT2D eigenvalue weighted by Crippen LogP contribution is -2.12. The Morgan fingerprint density at radius 1 is 0.710 bits per heavy atom. The molecule has 4 aromatic carbocycles. The fraction of sp³-hybridized carbons (Fsp3) is 0.206. The summed E-state index contributed by atoms with van der Waals surface area (Å²) in [5.74, 6) is -1.18. The van der Waals surface area contributed by atoms with Crippen LogP contribution in [-0.4, -0.2) is 85.2 Å². The van der Waals surface area contributed by atoms with Gasteiger partial charge in [-0.15, -0.1) is 28.3 Å². The van der Waals surface area contributed by atoms with Gasteiger partial charge in [-0.2, -0.15) is 23.5 Å². The Balaban J connectivity index is 1.41. The second-order valence-electron chi connectivity index (χ2n) is 13.0. The van der Waals surface area contributed by atoms with Crippen LogP contribution in [0.3, 0.4) is 0 Å². The zero-order valence-electron chi connectivity index (χ0n) is 34.7. The van der Waals surface area contributed by atoms with Gasteiger partial charge in [0.05, 0.1) is 68.5 Å². The van der Waals surface area contributed by atoms with E-state index in [2.05, 4.69) is 68.8 Å². The number of hydrogen-bond acceptors (Lipinski definition) is 30. The summed E-state index contributed by atoms with van der Waals surface area (Å²) in [5.41, 5.74) is 11.6. The predicted octanol–water partition coefficient (Wildman–Crippen LogP) is 8.03. The number of benzene rings is 4. The average Bonchev–Trinajstić information content (AvgIpc) is 3.30. The van der Waals surface area contributed by atoms with Gasteiger partial charge in [0.15, 0.2) is 44.3 Å². The monoisotopic (exact) mass is 1100 g/mol. The molecular weight excluding hydrogens is 1060 g/mol. The number of nitrogen functional groups attached to an aromatic ring is 2. The first kappa shape index (κ1) is 55.1. The Morgan fingerprint density at radius 2 is 1.29 bits per heavy atom. The Hall–Kier alpha value is -4.80. The molecule has 1 aromatic heterocycles. The molecule has 0 aliphatic carbocycles. The van der Waals surface area contributed by atoms with Crippen LogP contribution < -0.4 is 16.8 Å². The van der Waals surface area contributed by atoms with Gasteiger partial charge in [-0.05, 0) is 84.2 Å². The van der Waals surface area contributed by atoms with E-state index in [1.54, 1.807) is 12.1 Å². The molecular formula is C34H35ClN10O18S6. The molecule has 1 heterocycles. The first-order chi connectivity index (χ1) is 32.9. The number of halogens is 1. The Bertz CT molecular complexity index is 2950. The van der Waals surface area contributed by atoms with Crippen LogP contribution in [0.5, 0.6) is 0 Å². The van der Waals surface area contributed by atoms with Gasteiger partial charge in [-0.3, -0.25) is 12.9 Å². The maximum absolute atomic E-state index is 12.8. The van der Waals surface area contributed by atoms with Gasteiger partial charge >= 0.3 is 0 Å². The summed E-state index contributed by atoms with van der Waals surface area (Å²) in [6.07, 6.45) is 0.444. The number of anilines is 4. The summed E-state index contributed by atoms with van der Waals surface area (Å²) in [6, 6.07) is 16.2. The molecule has 28 nitrogen and oxygen atoms in total. The van der Waals surface area contributed by atoms with Crippen LogP contribution in [0, 0.1) is 0 Å². The largest absolute Gasteiger partial charge is 0.396 e. The molecule has 0 saturated carbocycles. The summed E-state index contributed by atoms with van der Waals surface area (Å²) >= 11 is 7.28. The number of sulfone groups is 2. The Labute approximate surface area is 408 Å². The molecule has 1 atom stereocenters. The number of aromatic nitrogens is 3. The second kappa shape index (κ2) is 25.9. The molecule has 5 rings (SSSR count). The van der Waals surface area contributed by atoms with Crippen molar-refractivity contribution in [3.8, 4) is 0 Å². The zero-order valence-corrected chi connectivity index (χ0v) is 40.3. The van der Waals surface area contributed by atoms with Crippen LogP contribution in [-0.2, 0) is 66.3 Å². The van der Waals surface area contributed by atoms with E-state index in [-0.39, 0.29) is 98.0 Å². The third-order valence-electron chi connectivity index (χ3n) is 8.76. The molecule has 5 aromatic rings. The predicted molar refractivity (Wildman–Crippen MR) is 244 cm³/mol. The summed E-state index contributed by atoms with van der Waals surface area (Å²) < 4.78 is 108. The molecule has 0 fully saturated rings. The topological polar surface area (TPSA) is 409 Å². The van der Waals surface area contributed by atoms with Crippen molar-refractivity contribution in [2.75, 3.05) is 41.5 Å². The highest BCUT2D eigenvalue weighted by atomic mass is 35.5. The van der Waals surface area contributed by atoms with E-state index in [9.17, 15) is 29.8 Å². The van der Waals surface area contributed by atoms with Crippen LogP contribution in [0.2, 0.25) is 5.28 Å². The number of azo groups is 2. The smallest absolute Gasteiger partial charge is 0.296 e. The third kappa shape index (κ3) is 15.9. The summed E-state index contributed by atoms with van der Waals surface area (Å²) in [4.78, 5) is 12.2. The van der Waals surface area contributed by atoms with Crippen molar-refractivity contribution in [2.45, 2.75) is 38.8 Å². The summed E-state index contributed by atoms with van der Waals surface area (Å²) in [7, 11) is -12.7. The van der Waals surface area contributed by atoms with Crippen molar-refractivity contribution >= 4 is 124 Å². The van der Waals surface area contributed by atoms with E-state index in [1.807, 2.05) is 6.92 Å². The fourth-order valence-corrected chi connectivity index (χ4v) is 9.67. The van der Waals surface area contributed by atoms with Crippen molar-refractivity contribution in [2.24, 2.45) is 20.5 Å². The van der Waals surface area contributed by atoms with Crippen LogP contribution in [0.15, 0.2) is 113 Å². The van der Waals surface area contributed by atoms with E-state index in [1.165, 1.54) is 54.6 Å². The molecule has 0 saturated heterocycles. The van der Waals surface area contributed by atoms with Gasteiger partial charge in [0.25, 0.3) is 10.1 Å². The van der Waals surface area contributed by atoms with Crippen molar-refractivity contribution in [3.63, 3.8) is 0 Å². The van der Waals surface area contributed by atoms with E-state index >= 15 is 0 Å². The van der Waals surface area contributed by atoms with Crippen LogP contribution in [0.1, 0.15) is 30.7 Å². The number of nitrogens with zero attached hydrogens (tertiary/aromatic N) is 7. The molecule has 9 N–H and O–H groups in total. The van der Waals surface area contributed by atoms with Crippen LogP contribution in [0.25, 0.3) is 0 Å². The highest BCUT2D eigenvalue weighted by molar-refractivity contribution is 7.94. The second-order valence-corrected chi connectivity index (χ2v) is 20.7.